The second-order valence-corrected chi connectivity index (χ2v) is 10.6. The van der Waals surface area contributed by atoms with E-state index in [2.05, 4.69) is 23.0 Å². The molecule has 5 rings (SSSR count). The lowest BCUT2D eigenvalue weighted by Gasteiger charge is -2.31. The minimum Gasteiger partial charge on any atom is -0.299 e. The number of hydrogen-bond acceptors (Lipinski definition) is 4. The Labute approximate surface area is 224 Å². The summed E-state index contributed by atoms with van der Waals surface area (Å²) in [6, 6.07) is 10.4. The fraction of sp³-hybridized carbons (Fsp3) is 0.414. The van der Waals surface area contributed by atoms with E-state index in [0.717, 1.165) is 47.2 Å². The van der Waals surface area contributed by atoms with E-state index in [4.69, 9.17) is 5.26 Å². The SMILES string of the molecule is Cc1cn(CC#N)nc1[C@@H](C)c1cccc(-n2cc3c(C(F)(F)F)cc(CN4CCC[C@H](C)C4)cn3c2=O)c1. The molecule has 1 aromatic carbocycles. The Morgan fingerprint density at radius 3 is 2.72 bits per heavy atom. The van der Waals surface area contributed by atoms with Gasteiger partial charge in [-0.2, -0.15) is 23.5 Å². The van der Waals surface area contributed by atoms with Gasteiger partial charge in [0.05, 0.1) is 28.5 Å². The number of nitrogens with zero attached hydrogens (tertiary/aromatic N) is 6. The number of fused-ring (bicyclic) bond motifs is 1. The monoisotopic (exact) mass is 536 g/mol. The minimum absolute atomic E-state index is 0.140. The number of benzene rings is 1. The Bertz CT molecular complexity index is 1610. The number of rotatable bonds is 6. The van der Waals surface area contributed by atoms with Gasteiger partial charge in [0, 0.05) is 37.6 Å². The summed E-state index contributed by atoms with van der Waals surface area (Å²) in [6.07, 6.45) is 2.15. The Balaban J connectivity index is 1.54. The molecular formula is C29H31F3N6O. The minimum atomic E-state index is -4.61. The van der Waals surface area contributed by atoms with Crippen LogP contribution in [0.3, 0.4) is 0 Å². The van der Waals surface area contributed by atoms with Gasteiger partial charge in [-0.3, -0.25) is 18.5 Å². The maximum Gasteiger partial charge on any atom is 0.418 e. The number of nitriles is 1. The van der Waals surface area contributed by atoms with Crippen molar-refractivity contribution in [2.45, 2.75) is 58.8 Å². The van der Waals surface area contributed by atoms with Crippen LogP contribution in [0.25, 0.3) is 11.2 Å². The molecule has 0 unspecified atom stereocenters. The molecule has 3 aromatic heterocycles. The summed E-state index contributed by atoms with van der Waals surface area (Å²) < 4.78 is 46.5. The third-order valence-electron chi connectivity index (χ3n) is 7.55. The maximum atomic E-state index is 14.2. The Morgan fingerprint density at radius 1 is 1.21 bits per heavy atom. The first-order chi connectivity index (χ1) is 18.5. The zero-order chi connectivity index (χ0) is 27.9. The maximum absolute atomic E-state index is 14.2. The van der Waals surface area contributed by atoms with E-state index in [0.29, 0.717) is 23.7 Å². The molecule has 4 heterocycles. The normalized spacial score (nSPS) is 17.4. The number of hydrogen-bond donors (Lipinski definition) is 0. The van der Waals surface area contributed by atoms with E-state index in [1.165, 1.54) is 16.8 Å². The molecule has 0 spiro atoms. The van der Waals surface area contributed by atoms with E-state index in [-0.39, 0.29) is 18.0 Å². The Kier molecular flexibility index (Phi) is 7.12. The molecule has 1 aliphatic rings. The van der Waals surface area contributed by atoms with Gasteiger partial charge in [0.25, 0.3) is 0 Å². The number of aryl methyl sites for hydroxylation is 1. The van der Waals surface area contributed by atoms with Crippen LogP contribution in [0, 0.1) is 24.2 Å². The lowest BCUT2D eigenvalue weighted by Crippen LogP contribution is -2.34. The highest BCUT2D eigenvalue weighted by molar-refractivity contribution is 5.58. The number of aromatic nitrogens is 4. The molecule has 10 heteroatoms. The first kappa shape index (κ1) is 26.8. The van der Waals surface area contributed by atoms with Crippen LogP contribution in [0.2, 0.25) is 0 Å². The molecular weight excluding hydrogens is 505 g/mol. The molecule has 39 heavy (non-hydrogen) atoms. The fourth-order valence-electron chi connectivity index (χ4n) is 5.65. The average molecular weight is 537 g/mol. The summed E-state index contributed by atoms with van der Waals surface area (Å²) in [5, 5.41) is 13.5. The van der Waals surface area contributed by atoms with E-state index >= 15 is 0 Å². The molecule has 1 saturated heterocycles. The molecule has 204 valence electrons. The van der Waals surface area contributed by atoms with Crippen molar-refractivity contribution in [2.24, 2.45) is 5.92 Å². The van der Waals surface area contributed by atoms with Gasteiger partial charge in [-0.1, -0.05) is 26.0 Å². The summed E-state index contributed by atoms with van der Waals surface area (Å²) in [5.74, 6) is 0.342. The van der Waals surface area contributed by atoms with Crippen LogP contribution in [-0.4, -0.2) is 36.7 Å². The number of halogens is 3. The van der Waals surface area contributed by atoms with Gasteiger partial charge < -0.3 is 0 Å². The number of pyridine rings is 1. The second kappa shape index (κ2) is 10.4. The van der Waals surface area contributed by atoms with Crippen LogP contribution in [0.15, 0.2) is 53.7 Å². The van der Waals surface area contributed by atoms with E-state index < -0.39 is 17.4 Å². The average Bonchev–Trinajstić information content (AvgIpc) is 3.42. The fourth-order valence-corrected chi connectivity index (χ4v) is 5.65. The Morgan fingerprint density at radius 2 is 2.00 bits per heavy atom. The van der Waals surface area contributed by atoms with Gasteiger partial charge in [-0.05, 0) is 67.1 Å². The van der Waals surface area contributed by atoms with E-state index in [1.54, 1.807) is 29.1 Å². The van der Waals surface area contributed by atoms with E-state index in [9.17, 15) is 18.0 Å². The smallest absolute Gasteiger partial charge is 0.299 e. The largest absolute Gasteiger partial charge is 0.418 e. The lowest BCUT2D eigenvalue weighted by atomic mass is 9.95. The molecule has 0 saturated carbocycles. The molecule has 0 bridgehead atoms. The van der Waals surface area contributed by atoms with Crippen molar-refractivity contribution in [3.05, 3.63) is 87.4 Å². The van der Waals surface area contributed by atoms with Gasteiger partial charge >= 0.3 is 11.9 Å². The third-order valence-corrected chi connectivity index (χ3v) is 7.55. The first-order valence-corrected chi connectivity index (χ1v) is 13.1. The van der Waals surface area contributed by atoms with Gasteiger partial charge in [0.1, 0.15) is 6.54 Å². The summed E-state index contributed by atoms with van der Waals surface area (Å²) in [4.78, 5) is 15.6. The van der Waals surface area contributed by atoms with Crippen molar-refractivity contribution < 1.29 is 13.2 Å². The molecule has 0 N–H and O–H groups in total. The summed E-state index contributed by atoms with van der Waals surface area (Å²) >= 11 is 0. The van der Waals surface area contributed by atoms with Crippen molar-refractivity contribution in [3.8, 4) is 11.8 Å². The van der Waals surface area contributed by atoms with Gasteiger partial charge in [0.15, 0.2) is 0 Å². The topological polar surface area (TPSA) is 71.3 Å². The number of likely N-dealkylation sites (tertiary alicyclic amines) is 1. The Hall–Kier alpha value is -3.84. The summed E-state index contributed by atoms with van der Waals surface area (Å²) in [7, 11) is 0. The van der Waals surface area contributed by atoms with Crippen LogP contribution in [0.4, 0.5) is 13.2 Å². The predicted octanol–water partition coefficient (Wildman–Crippen LogP) is 5.52. The van der Waals surface area contributed by atoms with Crippen LogP contribution >= 0.6 is 0 Å². The van der Waals surface area contributed by atoms with Gasteiger partial charge in [-0.15, -0.1) is 0 Å². The zero-order valence-electron chi connectivity index (χ0n) is 22.2. The third kappa shape index (κ3) is 5.36. The first-order valence-electron chi connectivity index (χ1n) is 13.1. The quantitative estimate of drug-likeness (QED) is 0.325. The molecule has 7 nitrogen and oxygen atoms in total. The molecule has 2 atom stereocenters. The van der Waals surface area contributed by atoms with Gasteiger partial charge in [0.2, 0.25) is 0 Å². The number of piperidine rings is 1. The molecule has 1 aliphatic heterocycles. The van der Waals surface area contributed by atoms with Crippen LogP contribution in [-0.2, 0) is 19.3 Å². The number of alkyl halides is 3. The zero-order valence-corrected chi connectivity index (χ0v) is 22.2. The highest BCUT2D eigenvalue weighted by Gasteiger charge is 2.35. The molecule has 0 amide bonds. The summed E-state index contributed by atoms with van der Waals surface area (Å²) in [5.41, 5.74) is 1.99. The molecule has 0 aliphatic carbocycles. The van der Waals surface area contributed by atoms with Crippen molar-refractivity contribution in [1.82, 2.24) is 23.6 Å². The predicted molar refractivity (Wildman–Crippen MR) is 142 cm³/mol. The van der Waals surface area contributed by atoms with Crippen LogP contribution in [0.1, 0.15) is 60.6 Å². The summed E-state index contributed by atoms with van der Waals surface area (Å²) in [6.45, 7) is 8.21. The van der Waals surface area contributed by atoms with Crippen molar-refractivity contribution in [2.75, 3.05) is 13.1 Å². The van der Waals surface area contributed by atoms with Crippen molar-refractivity contribution in [3.63, 3.8) is 0 Å². The second-order valence-electron chi connectivity index (χ2n) is 10.6. The van der Waals surface area contributed by atoms with Crippen LogP contribution in [0.5, 0.6) is 0 Å². The highest BCUT2D eigenvalue weighted by Crippen LogP contribution is 2.34. The van der Waals surface area contributed by atoms with Crippen molar-refractivity contribution in [1.29, 1.82) is 5.26 Å². The highest BCUT2D eigenvalue weighted by atomic mass is 19.4. The van der Waals surface area contributed by atoms with Crippen molar-refractivity contribution >= 4 is 5.52 Å². The standard InChI is InChI=1S/C29H31F3N6O/c1-19-6-5-10-35(14-19)16-22-12-25(29(30,31)32)26-18-37(28(39)38(26)17-22)24-8-4-7-23(13-24)21(3)27-20(2)15-36(34-27)11-9-33/h4,7-8,12-13,15,17-19,21H,5-6,10-11,14,16H2,1-3H3/t19-,21-/m0/s1. The molecule has 4 aromatic rings. The van der Waals surface area contributed by atoms with Crippen LogP contribution < -0.4 is 5.69 Å². The lowest BCUT2D eigenvalue weighted by molar-refractivity contribution is -0.136. The van der Waals surface area contributed by atoms with E-state index in [1.807, 2.05) is 26.1 Å². The van der Waals surface area contributed by atoms with Gasteiger partial charge in [-0.25, -0.2) is 4.79 Å². The molecule has 1 fully saturated rings. The number of imidazole rings is 1. The molecule has 0 radical (unpaired) electrons.